The predicted molar refractivity (Wildman–Crippen MR) is 127 cm³/mol. The Labute approximate surface area is 194 Å². The van der Waals surface area contributed by atoms with Crippen LogP contribution in [0.2, 0.25) is 0 Å². The number of carbonyl (C=O) groups excluding carboxylic acids is 1. The molecule has 1 amide bonds. The van der Waals surface area contributed by atoms with Crippen LogP contribution in [0, 0.1) is 5.82 Å². The molecule has 7 heteroatoms. The number of halogens is 2. The molecule has 3 aromatic rings. The Morgan fingerprint density at radius 1 is 1.28 bits per heavy atom. The van der Waals surface area contributed by atoms with Crippen molar-refractivity contribution in [1.29, 1.82) is 0 Å². The normalized spacial score (nSPS) is 14.0. The third kappa shape index (κ3) is 4.78. The standard InChI is InChI=1S/C25H22BrFN4O/c1-2-6-22(17-13-14-28-24(26)15-17)30-25(32)20-7-4-3-5-8-23-21(20)16-29-31(23)19-11-9-18(27)10-12-19/h2,5,7-16,22H,1,3-4,6H2,(H,30,32). The smallest absolute Gasteiger partial charge is 0.252 e. The van der Waals surface area contributed by atoms with E-state index in [4.69, 9.17) is 0 Å². The second kappa shape index (κ2) is 9.87. The first-order valence-electron chi connectivity index (χ1n) is 10.3. The average molecular weight is 493 g/mol. The Morgan fingerprint density at radius 2 is 2.09 bits per heavy atom. The lowest BCUT2D eigenvalue weighted by atomic mass is 9.99. The summed E-state index contributed by atoms with van der Waals surface area (Å²) in [4.78, 5) is 17.6. The van der Waals surface area contributed by atoms with Crippen molar-refractivity contribution >= 4 is 33.5 Å². The number of amides is 1. The van der Waals surface area contributed by atoms with Gasteiger partial charge in [0.25, 0.3) is 5.91 Å². The minimum atomic E-state index is -0.310. The van der Waals surface area contributed by atoms with Crippen LogP contribution in [0.3, 0.4) is 0 Å². The maximum Gasteiger partial charge on any atom is 0.252 e. The molecule has 1 atom stereocenters. The van der Waals surface area contributed by atoms with Gasteiger partial charge in [-0.1, -0.05) is 18.2 Å². The van der Waals surface area contributed by atoms with Gasteiger partial charge in [-0.3, -0.25) is 4.79 Å². The van der Waals surface area contributed by atoms with Crippen LogP contribution in [0.5, 0.6) is 0 Å². The third-order valence-corrected chi connectivity index (χ3v) is 5.66. The molecule has 162 valence electrons. The van der Waals surface area contributed by atoms with Crippen molar-refractivity contribution in [3.05, 3.63) is 101 Å². The zero-order chi connectivity index (χ0) is 22.5. The summed E-state index contributed by atoms with van der Waals surface area (Å²) in [7, 11) is 0. The quantitative estimate of drug-likeness (QED) is 0.349. The number of carbonyl (C=O) groups is 1. The van der Waals surface area contributed by atoms with Crippen LogP contribution >= 0.6 is 15.9 Å². The Balaban J connectivity index is 1.67. The summed E-state index contributed by atoms with van der Waals surface area (Å²) in [6.45, 7) is 3.83. The summed E-state index contributed by atoms with van der Waals surface area (Å²) in [6.07, 6.45) is 13.3. The van der Waals surface area contributed by atoms with Crippen LogP contribution in [-0.4, -0.2) is 20.7 Å². The Morgan fingerprint density at radius 3 is 2.84 bits per heavy atom. The monoisotopic (exact) mass is 492 g/mol. The number of nitrogens with zero attached hydrogens (tertiary/aromatic N) is 3. The van der Waals surface area contributed by atoms with E-state index in [1.54, 1.807) is 35.3 Å². The molecule has 0 spiro atoms. The fraction of sp³-hybridized carbons (Fsp3) is 0.160. The van der Waals surface area contributed by atoms with Crippen LogP contribution < -0.4 is 5.32 Å². The van der Waals surface area contributed by atoms with Gasteiger partial charge in [0.05, 0.1) is 23.6 Å². The fourth-order valence-corrected chi connectivity index (χ4v) is 4.06. The van der Waals surface area contributed by atoms with Gasteiger partial charge in [0.2, 0.25) is 0 Å². The maximum atomic E-state index is 13.4. The number of fused-ring (bicyclic) bond motifs is 1. The number of hydrogen-bond donors (Lipinski definition) is 1. The molecule has 5 nitrogen and oxygen atoms in total. The second-order valence-corrected chi connectivity index (χ2v) is 8.20. The Bertz CT molecular complexity index is 1200. The van der Waals surface area contributed by atoms with E-state index < -0.39 is 0 Å². The van der Waals surface area contributed by atoms with Crippen LogP contribution in [0.1, 0.15) is 42.1 Å². The molecule has 0 radical (unpaired) electrons. The number of benzene rings is 1. The first kappa shape index (κ1) is 21.9. The van der Waals surface area contributed by atoms with Crippen LogP contribution in [0.25, 0.3) is 17.3 Å². The number of rotatable bonds is 6. The van der Waals surface area contributed by atoms with Crippen LogP contribution in [0.4, 0.5) is 4.39 Å². The highest BCUT2D eigenvalue weighted by molar-refractivity contribution is 9.10. The minimum absolute atomic E-state index is 0.181. The molecule has 4 rings (SSSR count). The molecule has 1 unspecified atom stereocenters. The number of allylic oxidation sites excluding steroid dienone is 2. The third-order valence-electron chi connectivity index (χ3n) is 5.23. The van der Waals surface area contributed by atoms with Gasteiger partial charge in [-0.05, 0) is 83.2 Å². The van der Waals surface area contributed by atoms with Crippen molar-refractivity contribution in [3.8, 4) is 5.69 Å². The topological polar surface area (TPSA) is 59.8 Å². The van der Waals surface area contributed by atoms with Gasteiger partial charge in [-0.2, -0.15) is 5.10 Å². The molecule has 0 aliphatic heterocycles. The molecule has 2 aromatic heterocycles. The predicted octanol–water partition coefficient (Wildman–Crippen LogP) is 5.79. The van der Waals surface area contributed by atoms with E-state index in [9.17, 15) is 9.18 Å². The van der Waals surface area contributed by atoms with Crippen molar-refractivity contribution < 1.29 is 9.18 Å². The highest BCUT2D eigenvalue weighted by atomic mass is 79.9. The van der Waals surface area contributed by atoms with Crippen molar-refractivity contribution in [2.45, 2.75) is 25.3 Å². The zero-order valence-electron chi connectivity index (χ0n) is 17.3. The molecule has 1 aliphatic rings. The van der Waals surface area contributed by atoms with Gasteiger partial charge in [-0.15, -0.1) is 6.58 Å². The van der Waals surface area contributed by atoms with Gasteiger partial charge in [0, 0.05) is 17.3 Å². The van der Waals surface area contributed by atoms with Crippen LogP contribution in [0.15, 0.2) is 78.2 Å². The summed E-state index contributed by atoms with van der Waals surface area (Å²) >= 11 is 3.39. The largest absolute Gasteiger partial charge is 0.345 e. The molecule has 0 fully saturated rings. The second-order valence-electron chi connectivity index (χ2n) is 7.39. The summed E-state index contributed by atoms with van der Waals surface area (Å²) < 4.78 is 15.8. The van der Waals surface area contributed by atoms with E-state index in [-0.39, 0.29) is 17.8 Å². The lowest BCUT2D eigenvalue weighted by molar-refractivity contribution is -0.116. The summed E-state index contributed by atoms with van der Waals surface area (Å²) in [5.74, 6) is -0.490. The van der Waals surface area contributed by atoms with Gasteiger partial charge in [0.15, 0.2) is 0 Å². The first-order chi connectivity index (χ1) is 15.6. The molecular weight excluding hydrogens is 471 g/mol. The summed E-state index contributed by atoms with van der Waals surface area (Å²) in [5.41, 5.74) is 3.75. The molecule has 0 saturated carbocycles. The molecule has 1 aromatic carbocycles. The van der Waals surface area contributed by atoms with Crippen molar-refractivity contribution in [2.75, 3.05) is 0 Å². The van der Waals surface area contributed by atoms with E-state index in [0.717, 1.165) is 35.3 Å². The van der Waals surface area contributed by atoms with E-state index in [2.05, 4.69) is 44.0 Å². The van der Waals surface area contributed by atoms with Crippen molar-refractivity contribution in [3.63, 3.8) is 0 Å². The highest BCUT2D eigenvalue weighted by Gasteiger charge is 2.23. The molecule has 0 saturated heterocycles. The average Bonchev–Trinajstić information content (AvgIpc) is 3.16. The zero-order valence-corrected chi connectivity index (χ0v) is 18.9. The first-order valence-corrected chi connectivity index (χ1v) is 11.1. The minimum Gasteiger partial charge on any atom is -0.345 e. The summed E-state index contributed by atoms with van der Waals surface area (Å²) in [6, 6.07) is 9.66. The van der Waals surface area contributed by atoms with Crippen molar-refractivity contribution in [2.24, 2.45) is 0 Å². The van der Waals surface area contributed by atoms with E-state index in [0.29, 0.717) is 16.6 Å². The van der Waals surface area contributed by atoms with Gasteiger partial charge in [-0.25, -0.2) is 14.1 Å². The number of aromatic nitrogens is 3. The fourth-order valence-electron chi connectivity index (χ4n) is 3.67. The number of hydrogen-bond acceptors (Lipinski definition) is 3. The van der Waals surface area contributed by atoms with E-state index in [1.165, 1.54) is 12.1 Å². The number of pyridine rings is 1. The Hall–Kier alpha value is -3.32. The molecule has 1 N–H and O–H groups in total. The van der Waals surface area contributed by atoms with E-state index >= 15 is 0 Å². The SMILES string of the molecule is C=CCC(NC(=O)C1=CCCC=Cc2c1cnn2-c1ccc(F)cc1)c1ccnc(Br)c1. The molecule has 2 heterocycles. The van der Waals surface area contributed by atoms with Crippen molar-refractivity contribution in [1.82, 2.24) is 20.1 Å². The lowest BCUT2D eigenvalue weighted by Crippen LogP contribution is -2.29. The van der Waals surface area contributed by atoms with Crippen LogP contribution in [-0.2, 0) is 4.79 Å². The molecule has 32 heavy (non-hydrogen) atoms. The Kier molecular flexibility index (Phi) is 6.75. The lowest BCUT2D eigenvalue weighted by Gasteiger charge is -2.19. The highest BCUT2D eigenvalue weighted by Crippen LogP contribution is 2.28. The maximum absolute atomic E-state index is 13.4. The van der Waals surface area contributed by atoms with Gasteiger partial charge in [0.1, 0.15) is 10.4 Å². The molecule has 0 bridgehead atoms. The molecule has 1 aliphatic carbocycles. The summed E-state index contributed by atoms with van der Waals surface area (Å²) in [5, 5.41) is 7.63. The molecular formula is C25H22BrFN4O. The van der Waals surface area contributed by atoms with E-state index in [1.807, 2.05) is 24.3 Å². The number of nitrogens with one attached hydrogen (secondary N) is 1. The van der Waals surface area contributed by atoms with Gasteiger partial charge < -0.3 is 5.32 Å². The van der Waals surface area contributed by atoms with Gasteiger partial charge >= 0.3 is 0 Å².